The molecule has 4 nitrogen and oxygen atoms in total. The van der Waals surface area contributed by atoms with Gasteiger partial charge in [-0.1, -0.05) is 179 Å². The van der Waals surface area contributed by atoms with Crippen LogP contribution in [0.2, 0.25) is 0 Å². The average molecular weight is 634 g/mol. The lowest BCUT2D eigenvalue weighted by Gasteiger charge is -2.24. The van der Waals surface area contributed by atoms with Gasteiger partial charge in [0.25, 0.3) is 0 Å². The van der Waals surface area contributed by atoms with Gasteiger partial charge in [-0.3, -0.25) is 0 Å². The predicted octanol–water partition coefficient (Wildman–Crippen LogP) is 13.2. The van der Waals surface area contributed by atoms with Crippen LogP contribution >= 0.6 is 0 Å². The first-order valence-electron chi connectivity index (χ1n) is 19.6. The van der Waals surface area contributed by atoms with Crippen molar-refractivity contribution in [2.24, 2.45) is 0 Å². The summed E-state index contributed by atoms with van der Waals surface area (Å²) in [6, 6.07) is 13.8. The maximum atomic E-state index is 13.6. The van der Waals surface area contributed by atoms with E-state index in [4.69, 9.17) is 9.57 Å². The molecule has 3 rings (SSSR count). The van der Waals surface area contributed by atoms with Crippen LogP contribution in [0.15, 0.2) is 42.5 Å². The highest BCUT2D eigenvalue weighted by Crippen LogP contribution is 2.38. The Morgan fingerprint density at radius 2 is 1.00 bits per heavy atom. The van der Waals surface area contributed by atoms with Crippen LogP contribution in [0.5, 0.6) is 11.5 Å². The minimum atomic E-state index is -0.252. The number of benzene rings is 2. The van der Waals surface area contributed by atoms with E-state index in [0.717, 1.165) is 48.6 Å². The van der Waals surface area contributed by atoms with Gasteiger partial charge in [-0.2, -0.15) is 0 Å². The zero-order chi connectivity index (χ0) is 32.5. The monoisotopic (exact) mass is 634 g/mol. The van der Waals surface area contributed by atoms with Crippen LogP contribution in [0.1, 0.15) is 189 Å². The fourth-order valence-electron chi connectivity index (χ4n) is 6.72. The summed E-state index contributed by atoms with van der Waals surface area (Å²) in [6.45, 7) is 6.20. The van der Waals surface area contributed by atoms with Gasteiger partial charge in [0.1, 0.15) is 11.5 Å². The summed E-state index contributed by atoms with van der Waals surface area (Å²) in [5.74, 6) is 1.39. The number of unbranched alkanes of at least 4 members (excludes halogenated alkanes) is 22. The first-order valence-corrected chi connectivity index (χ1v) is 19.6. The number of hydroxylamine groups is 2. The first kappa shape index (κ1) is 38.1. The molecule has 1 heterocycles. The molecule has 0 fully saturated rings. The van der Waals surface area contributed by atoms with Crippen LogP contribution in [0, 0.1) is 0 Å². The molecule has 46 heavy (non-hydrogen) atoms. The fourth-order valence-corrected chi connectivity index (χ4v) is 6.72. The lowest BCUT2D eigenvalue weighted by molar-refractivity contribution is -0.111. The molecular formula is C42H67NO3. The smallest absolute Gasteiger partial charge is 0.357 e. The molecule has 0 spiro atoms. The highest BCUT2D eigenvalue weighted by atomic mass is 16.7. The molecule has 1 aliphatic rings. The van der Waals surface area contributed by atoms with E-state index >= 15 is 0 Å². The van der Waals surface area contributed by atoms with Crippen LogP contribution in [0.4, 0.5) is 0 Å². The highest BCUT2D eigenvalue weighted by molar-refractivity contribution is 5.92. The number of hydrogen-bond acceptors (Lipinski definition) is 4. The van der Waals surface area contributed by atoms with Gasteiger partial charge < -0.3 is 9.57 Å². The van der Waals surface area contributed by atoms with Crippen molar-refractivity contribution in [2.45, 2.75) is 174 Å². The van der Waals surface area contributed by atoms with Crippen LogP contribution in [-0.4, -0.2) is 24.1 Å². The second kappa shape index (κ2) is 24.8. The van der Waals surface area contributed by atoms with E-state index in [2.05, 4.69) is 19.9 Å². The summed E-state index contributed by atoms with van der Waals surface area (Å²) in [7, 11) is 0. The molecule has 0 N–H and O–H groups in total. The molecule has 0 atom stereocenters. The number of carbonyl (C=O) groups excluding carboxylic acids is 1. The molecule has 2 aromatic carbocycles. The maximum absolute atomic E-state index is 13.6. The molecular weight excluding hydrogens is 566 g/mol. The van der Waals surface area contributed by atoms with E-state index in [1.165, 1.54) is 141 Å². The van der Waals surface area contributed by atoms with Crippen LogP contribution in [0.3, 0.4) is 0 Å². The van der Waals surface area contributed by atoms with Crippen molar-refractivity contribution in [3.05, 3.63) is 59.2 Å². The molecule has 4 heteroatoms. The average Bonchev–Trinajstić information content (AvgIpc) is 3.07. The van der Waals surface area contributed by atoms with Crippen molar-refractivity contribution in [1.29, 1.82) is 0 Å². The minimum absolute atomic E-state index is 0.252. The van der Waals surface area contributed by atoms with Crippen molar-refractivity contribution in [1.82, 2.24) is 5.06 Å². The molecule has 1 aliphatic heterocycles. The lowest BCUT2D eigenvalue weighted by atomic mass is 9.96. The summed E-state index contributed by atoms with van der Waals surface area (Å²) in [5.41, 5.74) is 2.67. The van der Waals surface area contributed by atoms with Crippen molar-refractivity contribution < 1.29 is 14.4 Å². The molecule has 0 amide bonds. The Bertz CT molecular complexity index is 1040. The van der Waals surface area contributed by atoms with Gasteiger partial charge >= 0.3 is 5.97 Å². The SMILES string of the molecule is CCCCCCCCCCCCCCN(CCCCCCCCCCCCCC)OC(=O)c1cccc2c1Cc1ccccc1O2. The number of ether oxygens (including phenoxy) is 1. The second-order valence-electron chi connectivity index (χ2n) is 13.8. The quantitative estimate of drug-likeness (QED) is 0.0589. The standard InChI is InChI=1S/C42H67NO3/c1-3-5-7-9-11-13-15-17-19-21-23-27-34-43(35-28-24-22-20-18-16-14-12-10-8-6-4-2)46-42(44)38-31-29-33-41-39(38)36-37-30-25-26-32-40(37)45-41/h25-26,29-33H,3-24,27-28,34-36H2,1-2H3. The van der Waals surface area contributed by atoms with Crippen molar-refractivity contribution in [3.63, 3.8) is 0 Å². The normalized spacial score (nSPS) is 12.2. The molecule has 0 aliphatic carbocycles. The van der Waals surface area contributed by atoms with E-state index in [0.29, 0.717) is 12.0 Å². The Hall–Kier alpha value is -2.33. The number of nitrogens with zero attached hydrogens (tertiary/aromatic N) is 1. The van der Waals surface area contributed by atoms with Gasteiger partial charge in [-0.25, -0.2) is 4.79 Å². The Balaban J connectivity index is 1.40. The molecule has 0 saturated heterocycles. The zero-order valence-corrected chi connectivity index (χ0v) is 29.8. The number of carbonyl (C=O) groups is 1. The van der Waals surface area contributed by atoms with E-state index in [-0.39, 0.29) is 5.97 Å². The molecule has 0 radical (unpaired) electrons. The van der Waals surface area contributed by atoms with Gasteiger partial charge in [0.05, 0.1) is 5.56 Å². The minimum Gasteiger partial charge on any atom is -0.457 e. The van der Waals surface area contributed by atoms with Crippen molar-refractivity contribution >= 4 is 5.97 Å². The zero-order valence-electron chi connectivity index (χ0n) is 29.8. The third kappa shape index (κ3) is 15.5. The highest BCUT2D eigenvalue weighted by Gasteiger charge is 2.24. The Kier molecular flexibility index (Phi) is 20.5. The molecule has 0 aromatic heterocycles. The van der Waals surface area contributed by atoms with Crippen LogP contribution in [0.25, 0.3) is 0 Å². The number of fused-ring (bicyclic) bond motifs is 2. The summed E-state index contributed by atoms with van der Waals surface area (Å²) >= 11 is 0. The molecule has 2 aromatic rings. The second-order valence-corrected chi connectivity index (χ2v) is 13.8. The van der Waals surface area contributed by atoms with Gasteiger partial charge in [-0.15, -0.1) is 5.06 Å². The number of rotatable bonds is 28. The van der Waals surface area contributed by atoms with E-state index < -0.39 is 0 Å². The van der Waals surface area contributed by atoms with Crippen LogP contribution < -0.4 is 4.74 Å². The molecule has 0 saturated carbocycles. The van der Waals surface area contributed by atoms with Gasteiger partial charge in [0.15, 0.2) is 0 Å². The third-order valence-corrected chi connectivity index (χ3v) is 9.65. The van der Waals surface area contributed by atoms with Gasteiger partial charge in [0.2, 0.25) is 0 Å². The third-order valence-electron chi connectivity index (χ3n) is 9.65. The Morgan fingerprint density at radius 3 is 1.50 bits per heavy atom. The van der Waals surface area contributed by atoms with Crippen LogP contribution in [-0.2, 0) is 11.3 Å². The first-order chi connectivity index (χ1) is 22.7. The predicted molar refractivity (Wildman–Crippen MR) is 195 cm³/mol. The molecule has 258 valence electrons. The summed E-state index contributed by atoms with van der Waals surface area (Å²) in [6.07, 6.45) is 32.6. The van der Waals surface area contributed by atoms with Gasteiger partial charge in [0, 0.05) is 25.1 Å². The maximum Gasteiger partial charge on any atom is 0.357 e. The summed E-state index contributed by atoms with van der Waals surface area (Å²) in [5, 5.41) is 1.96. The molecule has 0 unspecified atom stereocenters. The Labute approximate surface area is 283 Å². The molecule has 0 bridgehead atoms. The van der Waals surface area contributed by atoms with Crippen molar-refractivity contribution in [3.8, 4) is 11.5 Å². The number of hydrogen-bond donors (Lipinski definition) is 0. The van der Waals surface area contributed by atoms with Gasteiger partial charge in [-0.05, 0) is 36.6 Å². The van der Waals surface area contributed by atoms with E-state index in [9.17, 15) is 4.79 Å². The topological polar surface area (TPSA) is 38.8 Å². The number of para-hydroxylation sites is 1. The van der Waals surface area contributed by atoms with Crippen molar-refractivity contribution in [2.75, 3.05) is 13.1 Å². The van der Waals surface area contributed by atoms with E-state index in [1.807, 2.05) is 41.5 Å². The fraction of sp³-hybridized carbons (Fsp3) is 0.690. The van der Waals surface area contributed by atoms with E-state index in [1.54, 1.807) is 0 Å². The lowest BCUT2D eigenvalue weighted by Crippen LogP contribution is -2.30. The summed E-state index contributed by atoms with van der Waals surface area (Å²) in [4.78, 5) is 19.7. The summed E-state index contributed by atoms with van der Waals surface area (Å²) < 4.78 is 6.15. The largest absolute Gasteiger partial charge is 0.457 e. The Morgan fingerprint density at radius 1 is 0.565 bits per heavy atom.